The number of benzene rings is 5. The van der Waals surface area contributed by atoms with Crippen LogP contribution in [0.15, 0.2) is 66.7 Å². The number of rotatable bonds is 0. The average molecular weight is 304 g/mol. The zero-order valence-corrected chi connectivity index (χ0v) is 12.8. The normalized spacial score (nSPS) is 13.4. The van der Waals surface area contributed by atoms with Crippen LogP contribution >= 0.6 is 0 Å². The van der Waals surface area contributed by atoms with Crippen LogP contribution in [0.3, 0.4) is 0 Å². The van der Waals surface area contributed by atoms with E-state index in [4.69, 9.17) is 0 Å². The van der Waals surface area contributed by atoms with Crippen molar-refractivity contribution in [1.82, 2.24) is 0 Å². The summed E-state index contributed by atoms with van der Waals surface area (Å²) in [5.41, 5.74) is 0.819. The van der Waals surface area contributed by atoms with Crippen LogP contribution < -0.4 is 5.22 Å². The third kappa shape index (κ3) is 1.30. The van der Waals surface area contributed by atoms with Crippen LogP contribution in [-0.4, -0.2) is 5.78 Å². The summed E-state index contributed by atoms with van der Waals surface area (Å²) in [6.45, 7) is 0. The van der Waals surface area contributed by atoms with E-state index in [0.29, 0.717) is 0 Å². The van der Waals surface area contributed by atoms with Gasteiger partial charge in [-0.1, -0.05) is 66.7 Å². The molecule has 0 saturated heterocycles. The lowest BCUT2D eigenvalue weighted by atomic mass is 9.85. The molecule has 1 aliphatic rings. The van der Waals surface area contributed by atoms with Gasteiger partial charge >= 0.3 is 0 Å². The van der Waals surface area contributed by atoms with E-state index in [1.807, 2.05) is 18.2 Å². The molecule has 110 valence electrons. The van der Waals surface area contributed by atoms with Crippen LogP contribution in [0.5, 0.6) is 0 Å². The Bertz CT molecular complexity index is 1400. The number of hydrogen-bond acceptors (Lipinski definition) is 1. The topological polar surface area (TPSA) is 17.1 Å². The molecule has 0 aliphatic heterocycles. The molecule has 6 rings (SSSR count). The molecular weight excluding hydrogens is 292 g/mol. The Hall–Kier alpha value is -3.19. The molecule has 0 spiro atoms. The van der Waals surface area contributed by atoms with Gasteiger partial charge in [-0.25, -0.2) is 0 Å². The molecule has 0 fully saturated rings. The maximum Gasteiger partial charge on any atom is 0.187 e. The number of fused-ring (bicyclic) bond motifs is 2. The Morgan fingerprint density at radius 3 is 2.04 bits per heavy atom. The molecule has 24 heavy (non-hydrogen) atoms. The quantitative estimate of drug-likeness (QED) is 0.291. The minimum absolute atomic E-state index is 0.108. The minimum Gasteiger partial charge on any atom is -0.289 e. The molecular formula is C23H12O. The molecule has 5 aromatic rings. The van der Waals surface area contributed by atoms with Crippen LogP contribution in [-0.2, 0) is 0 Å². The monoisotopic (exact) mass is 304 g/mol. The van der Waals surface area contributed by atoms with Gasteiger partial charge in [0.05, 0.1) is 0 Å². The Morgan fingerprint density at radius 1 is 0.542 bits per heavy atom. The predicted octanol–water partition coefficient (Wildman–Crippen LogP) is 5.00. The predicted molar refractivity (Wildman–Crippen MR) is 100 cm³/mol. The molecule has 0 saturated carbocycles. The van der Waals surface area contributed by atoms with E-state index in [2.05, 4.69) is 54.6 Å². The van der Waals surface area contributed by atoms with Crippen LogP contribution in [0.4, 0.5) is 0 Å². The second kappa shape index (κ2) is 4.01. The minimum atomic E-state index is 0.108. The highest BCUT2D eigenvalue weighted by Gasteiger charge is 2.19. The number of hydrogen-bond donors (Lipinski definition) is 0. The van der Waals surface area contributed by atoms with Gasteiger partial charge in [0.2, 0.25) is 0 Å². The Balaban J connectivity index is 2.12. The molecule has 1 heteroatoms. The van der Waals surface area contributed by atoms with Crippen molar-refractivity contribution in [2.75, 3.05) is 0 Å². The first-order valence-corrected chi connectivity index (χ1v) is 8.17. The fourth-order valence-electron chi connectivity index (χ4n) is 4.37. The molecule has 0 N–H and O–H groups in total. The first-order valence-electron chi connectivity index (χ1n) is 8.17. The van der Waals surface area contributed by atoms with Gasteiger partial charge in [0.25, 0.3) is 0 Å². The highest BCUT2D eigenvalue weighted by atomic mass is 16.1. The highest BCUT2D eigenvalue weighted by Crippen LogP contribution is 2.36. The Labute approximate surface area is 137 Å². The summed E-state index contributed by atoms with van der Waals surface area (Å²) in [6, 6.07) is 23.2. The van der Waals surface area contributed by atoms with E-state index >= 15 is 0 Å². The van der Waals surface area contributed by atoms with Crippen molar-refractivity contribution in [2.24, 2.45) is 0 Å². The van der Waals surface area contributed by atoms with E-state index in [9.17, 15) is 4.79 Å². The molecule has 1 nitrogen and oxygen atoms in total. The summed E-state index contributed by atoms with van der Waals surface area (Å²) in [5, 5.41) is 10.7. The third-order valence-corrected chi connectivity index (χ3v) is 5.34. The van der Waals surface area contributed by atoms with Gasteiger partial charge in [-0.2, -0.15) is 0 Å². The van der Waals surface area contributed by atoms with Gasteiger partial charge in [-0.3, -0.25) is 4.79 Å². The van der Waals surface area contributed by atoms with Crippen LogP contribution in [0.1, 0.15) is 10.4 Å². The average Bonchev–Trinajstić information content (AvgIpc) is 2.63. The molecule has 0 amide bonds. The largest absolute Gasteiger partial charge is 0.289 e. The standard InChI is InChI=1S/C23H12O/c24-20-12-19-16-8-2-5-13-4-1-7-15(21(13)16)17-11-10-14-6-3-9-18(20)22(14)23(17)19/h1-12H. The van der Waals surface area contributed by atoms with Crippen molar-refractivity contribution < 1.29 is 4.79 Å². The molecule has 0 aromatic heterocycles. The van der Waals surface area contributed by atoms with Crippen molar-refractivity contribution in [3.05, 3.63) is 77.5 Å². The van der Waals surface area contributed by atoms with E-state index in [1.165, 1.54) is 32.3 Å². The van der Waals surface area contributed by atoms with E-state index in [0.717, 1.165) is 21.6 Å². The number of ketones is 1. The van der Waals surface area contributed by atoms with Gasteiger partial charge in [-0.15, -0.1) is 0 Å². The van der Waals surface area contributed by atoms with Gasteiger partial charge in [0.1, 0.15) is 0 Å². The zero-order chi connectivity index (χ0) is 15.8. The first-order chi connectivity index (χ1) is 11.8. The van der Waals surface area contributed by atoms with Crippen LogP contribution in [0, 0.1) is 0 Å². The van der Waals surface area contributed by atoms with E-state index in [1.54, 1.807) is 0 Å². The van der Waals surface area contributed by atoms with Crippen molar-refractivity contribution in [3.63, 3.8) is 0 Å². The number of Topliss-reactive ketones (excluding diaryl/α,β-unsaturated/α-hetero) is 1. The Morgan fingerprint density at radius 2 is 1.21 bits per heavy atom. The fraction of sp³-hybridized carbons (Fsp3) is 0. The zero-order valence-electron chi connectivity index (χ0n) is 12.8. The van der Waals surface area contributed by atoms with Crippen molar-refractivity contribution in [1.29, 1.82) is 0 Å². The molecule has 0 heterocycles. The summed E-state index contributed by atoms with van der Waals surface area (Å²) in [6.07, 6.45) is 1.82. The second-order valence-electron chi connectivity index (χ2n) is 6.52. The smallest absolute Gasteiger partial charge is 0.187 e. The maximum atomic E-state index is 12.7. The summed E-state index contributed by atoms with van der Waals surface area (Å²) in [7, 11) is 0. The molecule has 0 bridgehead atoms. The highest BCUT2D eigenvalue weighted by molar-refractivity contribution is 6.35. The van der Waals surface area contributed by atoms with Gasteiger partial charge < -0.3 is 0 Å². The molecule has 0 radical (unpaired) electrons. The van der Waals surface area contributed by atoms with Gasteiger partial charge in [0.15, 0.2) is 5.78 Å². The van der Waals surface area contributed by atoms with Gasteiger partial charge in [-0.05, 0) is 49.0 Å². The molecule has 0 atom stereocenters. The van der Waals surface area contributed by atoms with Gasteiger partial charge in [0, 0.05) is 10.9 Å². The van der Waals surface area contributed by atoms with Crippen LogP contribution in [0.25, 0.3) is 49.2 Å². The van der Waals surface area contributed by atoms with Crippen molar-refractivity contribution >= 4 is 54.9 Å². The Kier molecular flexibility index (Phi) is 2.05. The third-order valence-electron chi connectivity index (χ3n) is 5.34. The SMILES string of the molecule is O=C1C=c2c3cccc4cccc(c5ccc6cccc1c6c25)c43. The second-order valence-corrected chi connectivity index (χ2v) is 6.52. The van der Waals surface area contributed by atoms with Crippen LogP contribution in [0.2, 0.25) is 0 Å². The van der Waals surface area contributed by atoms with E-state index < -0.39 is 0 Å². The van der Waals surface area contributed by atoms with E-state index in [-0.39, 0.29) is 5.78 Å². The maximum absolute atomic E-state index is 12.7. The molecule has 0 unspecified atom stereocenters. The number of carbonyl (C=O) groups excluding carboxylic acids is 1. The molecule has 1 aliphatic carbocycles. The van der Waals surface area contributed by atoms with Crippen molar-refractivity contribution in [2.45, 2.75) is 0 Å². The lowest BCUT2D eigenvalue weighted by Gasteiger charge is -2.17. The summed E-state index contributed by atoms with van der Waals surface area (Å²) in [5.74, 6) is 0.108. The lowest BCUT2D eigenvalue weighted by Crippen LogP contribution is -2.15. The number of carbonyl (C=O) groups is 1. The fourth-order valence-corrected chi connectivity index (χ4v) is 4.37. The molecule has 5 aromatic carbocycles. The summed E-state index contributed by atoms with van der Waals surface area (Å²) < 4.78 is 0. The summed E-state index contributed by atoms with van der Waals surface area (Å²) in [4.78, 5) is 12.7. The summed E-state index contributed by atoms with van der Waals surface area (Å²) >= 11 is 0. The first kappa shape index (κ1) is 12.3. The lowest BCUT2D eigenvalue weighted by molar-refractivity contribution is 0.106. The van der Waals surface area contributed by atoms with Crippen molar-refractivity contribution in [3.8, 4) is 0 Å².